The molecule has 18 heteroatoms. The average molecular weight is 808 g/mol. The fourth-order valence-electron chi connectivity index (χ4n) is 7.72. The summed E-state index contributed by atoms with van der Waals surface area (Å²) in [6.07, 6.45) is 0.597. The molecular weight excluding hydrogens is 756 g/mol. The highest BCUT2D eigenvalue weighted by Crippen LogP contribution is 2.37. The molecule has 1 saturated carbocycles. The minimum absolute atomic E-state index is 0.0135. The summed E-state index contributed by atoms with van der Waals surface area (Å²) in [6.45, 7) is 8.54. The summed E-state index contributed by atoms with van der Waals surface area (Å²) in [5, 5.41) is 7.71. The number of ether oxygens (including phenoxy) is 2. The van der Waals surface area contributed by atoms with Gasteiger partial charge in [0, 0.05) is 56.7 Å². The van der Waals surface area contributed by atoms with Crippen LogP contribution in [-0.4, -0.2) is 106 Å². The van der Waals surface area contributed by atoms with E-state index in [1.165, 1.54) is 19.4 Å². The zero-order valence-corrected chi connectivity index (χ0v) is 33.5. The summed E-state index contributed by atoms with van der Waals surface area (Å²) in [5.41, 5.74) is -1.04. The van der Waals surface area contributed by atoms with E-state index in [4.69, 9.17) is 9.47 Å². The molecule has 56 heavy (non-hydrogen) atoms. The molecule has 5 heterocycles. The second-order valence-electron chi connectivity index (χ2n) is 15.6. The molecule has 3 saturated heterocycles. The van der Waals surface area contributed by atoms with Crippen molar-refractivity contribution in [1.29, 1.82) is 0 Å². The lowest BCUT2D eigenvalue weighted by Crippen LogP contribution is -2.59. The molecule has 1 aliphatic carbocycles. The van der Waals surface area contributed by atoms with E-state index in [-0.39, 0.29) is 60.5 Å². The predicted octanol–water partition coefficient (Wildman–Crippen LogP) is 4.35. The number of likely N-dealkylation sites (N-methyl/N-ethyl adjacent to an activating group) is 1. The Labute approximate surface area is 328 Å². The van der Waals surface area contributed by atoms with Crippen LogP contribution in [0.3, 0.4) is 0 Å². The lowest BCUT2D eigenvalue weighted by molar-refractivity contribution is -0.149. The van der Waals surface area contributed by atoms with E-state index in [2.05, 4.69) is 30.5 Å². The Morgan fingerprint density at radius 3 is 2.21 bits per heavy atom. The van der Waals surface area contributed by atoms with E-state index < -0.39 is 59.7 Å². The van der Waals surface area contributed by atoms with Crippen LogP contribution in [0.2, 0.25) is 0 Å². The number of carbonyl (C=O) groups excluding carboxylic acids is 5. The predicted molar refractivity (Wildman–Crippen MR) is 198 cm³/mol. The summed E-state index contributed by atoms with van der Waals surface area (Å²) in [7, 11) is 2.92. The Morgan fingerprint density at radius 2 is 1.68 bits per heavy atom. The Hall–Kier alpha value is -4.19. The highest BCUT2D eigenvalue weighted by Gasteiger charge is 2.44. The smallest absolute Gasteiger partial charge is 0.419 e. The summed E-state index contributed by atoms with van der Waals surface area (Å²) in [5.74, 6) is -2.24. The highest BCUT2D eigenvalue weighted by molar-refractivity contribution is 7.09. The monoisotopic (exact) mass is 807 g/mol. The minimum atomic E-state index is -4.62. The molecule has 0 spiro atoms. The Bertz CT molecular complexity index is 1710. The molecule has 0 aromatic carbocycles. The first-order valence-electron chi connectivity index (χ1n) is 19.2. The number of piperidine rings is 3. The van der Waals surface area contributed by atoms with Crippen molar-refractivity contribution >= 4 is 41.0 Å². The second kappa shape index (κ2) is 18.4. The number of thiazole rings is 1. The van der Waals surface area contributed by atoms with Gasteiger partial charge in [-0.25, -0.2) is 15.0 Å². The van der Waals surface area contributed by atoms with E-state index in [1.54, 1.807) is 18.9 Å². The molecule has 2 aromatic heterocycles. The van der Waals surface area contributed by atoms with Gasteiger partial charge in [-0.1, -0.05) is 20.8 Å². The minimum Gasteiger partial charge on any atom is -0.469 e. The first-order valence-corrected chi connectivity index (χ1v) is 20.0. The maximum atomic E-state index is 14.2. The fourth-order valence-corrected chi connectivity index (χ4v) is 8.56. The molecular formula is C38H52F3N7O7S. The van der Waals surface area contributed by atoms with Crippen molar-refractivity contribution in [3.8, 4) is 0 Å². The van der Waals surface area contributed by atoms with Gasteiger partial charge in [0.25, 0.3) is 5.91 Å². The zero-order chi connectivity index (χ0) is 40.9. The average Bonchev–Trinajstić information content (AvgIpc) is 3.88. The van der Waals surface area contributed by atoms with Gasteiger partial charge in [-0.2, -0.15) is 13.2 Å². The van der Waals surface area contributed by atoms with E-state index in [0.29, 0.717) is 23.3 Å². The van der Waals surface area contributed by atoms with Crippen molar-refractivity contribution in [3.63, 3.8) is 0 Å². The number of nitrogens with one attached hydrogen (secondary N) is 2. The third-order valence-electron chi connectivity index (χ3n) is 11.1. The second-order valence-corrected chi connectivity index (χ2v) is 16.5. The van der Waals surface area contributed by atoms with E-state index in [9.17, 15) is 37.1 Å². The molecule has 3 amide bonds. The molecule has 6 atom stereocenters. The van der Waals surface area contributed by atoms with E-state index >= 15 is 0 Å². The van der Waals surface area contributed by atoms with Crippen molar-refractivity contribution in [2.24, 2.45) is 23.7 Å². The number of esters is 2. The number of methoxy groups -OCH3 is 1. The number of hydrogen-bond donors (Lipinski definition) is 2. The summed E-state index contributed by atoms with van der Waals surface area (Å²) >= 11 is 1.09. The van der Waals surface area contributed by atoms with Crippen LogP contribution >= 0.6 is 11.3 Å². The normalized spacial score (nSPS) is 22.0. The lowest BCUT2D eigenvalue weighted by Gasteiger charge is -2.45. The summed E-state index contributed by atoms with van der Waals surface area (Å²) in [4.78, 5) is 81.8. The van der Waals surface area contributed by atoms with Crippen molar-refractivity contribution < 1.29 is 46.6 Å². The number of carbonyl (C=O) groups is 5. The maximum Gasteiger partial charge on any atom is 0.419 e. The molecule has 2 bridgehead atoms. The number of hydrogen-bond acceptors (Lipinski definition) is 12. The van der Waals surface area contributed by atoms with Crippen LogP contribution in [0.5, 0.6) is 0 Å². The number of aromatic nitrogens is 3. The SMILES string of the molecule is COC(=O)[C@@H](C)C[C@H](Cc1ncc(C(F)(F)F)cn1)NC(=O)c1csc([C@@H](C[C@H](C(C)C)N(C)C(=O)[C@@H](NC(=O)[C@H]2CC3CCN2CC3)C2CC2)OC(C)=O)n1. The van der Waals surface area contributed by atoms with Crippen LogP contribution in [0.1, 0.15) is 106 Å². The number of halogens is 3. The van der Waals surface area contributed by atoms with Crippen molar-refractivity contribution in [2.75, 3.05) is 27.2 Å². The highest BCUT2D eigenvalue weighted by atomic mass is 32.1. The Morgan fingerprint density at radius 1 is 1.02 bits per heavy atom. The number of amides is 3. The van der Waals surface area contributed by atoms with Crippen LogP contribution in [-0.2, 0) is 41.2 Å². The van der Waals surface area contributed by atoms with Gasteiger partial charge in [0.2, 0.25) is 11.8 Å². The van der Waals surface area contributed by atoms with E-state index in [1.807, 2.05) is 13.8 Å². The molecule has 3 aliphatic heterocycles. The van der Waals surface area contributed by atoms with Crippen LogP contribution in [0, 0.1) is 23.7 Å². The molecule has 6 rings (SSSR count). The standard InChI is InChI=1S/C38H52F3N7O7S/c1-20(2)28(47(5)36(52)32(24-7-8-24)46-34(51)29-14-23-9-11-48(29)12-10-23)16-30(55-22(4)49)35-45-27(19-56-35)33(50)44-26(13-21(3)37(53)54-6)15-31-42-17-25(18-43-31)38(39,40)41/h17-21,23-24,26,28-30,32H,7-16H2,1-6H3,(H,44,50)(H,46,51)/t21-,26+,28+,29+,30+,32-/m0/s1. The topological polar surface area (TPSA) is 173 Å². The van der Waals surface area contributed by atoms with Gasteiger partial charge < -0.3 is 25.0 Å². The Kier molecular flexibility index (Phi) is 14.1. The largest absolute Gasteiger partial charge is 0.469 e. The molecule has 2 N–H and O–H groups in total. The van der Waals surface area contributed by atoms with Gasteiger partial charge >= 0.3 is 18.1 Å². The van der Waals surface area contributed by atoms with Crippen molar-refractivity contribution in [1.82, 2.24) is 35.4 Å². The molecule has 0 unspecified atom stereocenters. The molecule has 0 radical (unpaired) electrons. The van der Waals surface area contributed by atoms with Gasteiger partial charge in [0.15, 0.2) is 6.10 Å². The van der Waals surface area contributed by atoms with Crippen molar-refractivity contribution in [3.05, 3.63) is 39.9 Å². The summed E-state index contributed by atoms with van der Waals surface area (Å²) < 4.78 is 49.8. The van der Waals surface area contributed by atoms with Gasteiger partial charge in [0.05, 0.1) is 24.6 Å². The number of nitrogens with zero attached hydrogens (tertiary/aromatic N) is 5. The summed E-state index contributed by atoms with van der Waals surface area (Å²) in [6, 6.07) is -2.12. The molecule has 2 aromatic rings. The van der Waals surface area contributed by atoms with Gasteiger partial charge in [-0.3, -0.25) is 28.9 Å². The fraction of sp³-hybridized carbons (Fsp3) is 0.684. The van der Waals surface area contributed by atoms with Crippen molar-refractivity contribution in [2.45, 2.75) is 116 Å². The quantitative estimate of drug-likeness (QED) is 0.218. The van der Waals surface area contributed by atoms with Crippen LogP contribution < -0.4 is 10.6 Å². The van der Waals surface area contributed by atoms with Gasteiger partial charge in [-0.05, 0) is 69.4 Å². The molecule has 4 fully saturated rings. The molecule has 4 aliphatic rings. The lowest BCUT2D eigenvalue weighted by atomic mass is 9.83. The third-order valence-corrected chi connectivity index (χ3v) is 12.0. The van der Waals surface area contributed by atoms with Crippen LogP contribution in [0.4, 0.5) is 13.2 Å². The molecule has 14 nitrogen and oxygen atoms in total. The van der Waals surface area contributed by atoms with Gasteiger partial charge in [-0.15, -0.1) is 11.3 Å². The van der Waals surface area contributed by atoms with Gasteiger partial charge in [0.1, 0.15) is 22.6 Å². The molecule has 308 valence electrons. The first-order chi connectivity index (χ1) is 26.4. The third kappa shape index (κ3) is 11.0. The Balaban J connectivity index is 1.29. The number of rotatable bonds is 17. The first kappa shape index (κ1) is 42.9. The van der Waals surface area contributed by atoms with Crippen LogP contribution in [0.15, 0.2) is 17.8 Å². The van der Waals surface area contributed by atoms with Crippen LogP contribution in [0.25, 0.3) is 0 Å². The van der Waals surface area contributed by atoms with E-state index in [0.717, 1.165) is 56.5 Å². The number of alkyl halides is 3. The number of fused-ring (bicyclic) bond motifs is 3. The zero-order valence-electron chi connectivity index (χ0n) is 32.6. The maximum absolute atomic E-state index is 14.2.